The van der Waals surface area contributed by atoms with Crippen LogP contribution in [0.25, 0.3) is 55.2 Å². The lowest BCUT2D eigenvalue weighted by atomic mass is 9.97. The first kappa shape index (κ1) is 100. The van der Waals surface area contributed by atoms with E-state index < -0.39 is 151 Å². The molecule has 13 heterocycles. The van der Waals surface area contributed by atoms with Crippen molar-refractivity contribution in [3.05, 3.63) is 266 Å². The number of fused-ring (bicyclic) bond motifs is 8. The van der Waals surface area contributed by atoms with Crippen molar-refractivity contribution >= 4 is 89.7 Å². The summed E-state index contributed by atoms with van der Waals surface area (Å²) in [7, 11) is 0. The quantitative estimate of drug-likeness (QED) is 0.0400. The molecule has 0 bridgehead atoms. The number of hydrogen-bond donors (Lipinski definition) is 17. The molecule has 19 N–H and O–H groups in total. The second kappa shape index (κ2) is 41.5. The first-order valence-electron chi connectivity index (χ1n) is 47.3. The smallest absolute Gasteiger partial charge is 0.162 e. The van der Waals surface area contributed by atoms with Gasteiger partial charge in [0.1, 0.15) is 172 Å². The largest absolute Gasteiger partial charge is 0.504 e. The Hall–Kier alpha value is -12.6. The van der Waals surface area contributed by atoms with Gasteiger partial charge < -0.3 is 135 Å². The number of aliphatic hydroxyl groups excluding tert-OH is 11. The van der Waals surface area contributed by atoms with Gasteiger partial charge in [-0.3, -0.25) is 0 Å². The molecule has 10 aromatic heterocycles. The van der Waals surface area contributed by atoms with E-state index in [1.165, 1.54) is 65.4 Å². The number of rotatable bonds is 16. The monoisotopic (exact) mass is 2030 g/mol. The zero-order valence-corrected chi connectivity index (χ0v) is 79.6. The first-order chi connectivity index (χ1) is 69.2. The maximum atomic E-state index is 14.4. The highest BCUT2D eigenvalue weighted by Gasteiger charge is 2.51. The number of nitrogens with two attached hydrogens (primary N) is 2. The summed E-state index contributed by atoms with van der Waals surface area (Å²) in [6.45, 7) is 10.9. The van der Waals surface area contributed by atoms with Gasteiger partial charge in [-0.25, -0.2) is 61.2 Å². The Morgan fingerprint density at radius 2 is 0.854 bits per heavy atom. The number of ether oxygens (including phenoxy) is 5. The highest BCUT2D eigenvalue weighted by Crippen LogP contribution is 2.47. The molecule has 5 aromatic carbocycles. The van der Waals surface area contributed by atoms with Gasteiger partial charge in [0.2, 0.25) is 0 Å². The number of aliphatic hydroxyl groups is 11. The molecule has 5 saturated carbocycles. The van der Waals surface area contributed by atoms with Gasteiger partial charge in [-0.05, 0) is 168 Å². The van der Waals surface area contributed by atoms with Crippen molar-refractivity contribution in [2.75, 3.05) is 31.1 Å². The maximum Gasteiger partial charge on any atom is 0.162 e. The van der Waals surface area contributed by atoms with E-state index in [1.807, 2.05) is 55.8 Å². The van der Waals surface area contributed by atoms with E-state index in [1.54, 1.807) is 69.8 Å². The predicted octanol–water partition coefficient (Wildman–Crippen LogP) is 10.2. The van der Waals surface area contributed by atoms with Crippen molar-refractivity contribution in [3.63, 3.8) is 0 Å². The molecule has 15 aromatic rings. The minimum atomic E-state index is -1.25. The fraction of sp³-hybridized carbons (Fsp3) is 0.382. The summed E-state index contributed by atoms with van der Waals surface area (Å²) >= 11 is 12.7. The lowest BCUT2D eigenvalue weighted by molar-refractivity contribution is -0.0169. The molecule has 8 aliphatic rings. The van der Waals surface area contributed by atoms with Crippen LogP contribution in [0.2, 0.25) is 10.0 Å². The van der Waals surface area contributed by atoms with Crippen LogP contribution in [0.1, 0.15) is 124 Å². The molecule has 42 heteroatoms. The molecule has 34 nitrogen and oxygen atoms in total. The van der Waals surface area contributed by atoms with Crippen LogP contribution in [-0.2, 0) is 45.5 Å². The Kier molecular flexibility index (Phi) is 28.9. The fourth-order valence-corrected chi connectivity index (χ4v) is 21.7. The van der Waals surface area contributed by atoms with Crippen molar-refractivity contribution in [1.82, 2.24) is 73.7 Å². The molecule has 0 amide bonds. The van der Waals surface area contributed by atoms with Gasteiger partial charge >= 0.3 is 0 Å². The number of phenols is 1. The van der Waals surface area contributed by atoms with Crippen LogP contribution in [0.3, 0.4) is 0 Å². The van der Waals surface area contributed by atoms with Crippen molar-refractivity contribution in [2.24, 2.45) is 0 Å². The zero-order chi connectivity index (χ0) is 101. The molecule has 10 unspecified atom stereocenters. The number of nitrogen functional groups attached to an aromatic ring is 2. The number of aromatic hydroxyl groups is 1. The average molecular weight is 2030 g/mol. The van der Waals surface area contributed by atoms with E-state index in [9.17, 15) is 87.6 Å². The van der Waals surface area contributed by atoms with Gasteiger partial charge in [-0.1, -0.05) is 29.3 Å². The molecule has 3 aliphatic heterocycles. The van der Waals surface area contributed by atoms with Gasteiger partial charge in [0.15, 0.2) is 29.0 Å². The average Bonchev–Trinajstić information content (AvgIpc) is 1.67. The Bertz CT molecular complexity index is 7310. The summed E-state index contributed by atoms with van der Waals surface area (Å²) in [5, 5.41) is 139. The SMILES string of the molecule is Cc1cc2c(c(OC3CC(n4cc(Cl)c5c(N)ccnc54)[C@H](O)[C@@H]3O)c1)CNCC2.Cc1ccnc2c1ccn2C1CC(Oc2ccc(F)cc2CO)[C@@H](O)[C@H]1O.Cc1ncc2c(F)cn(C3CC(Oc4ccc(F)c5c4CNCC5)[C@@H](O)[C@H]3O)c2n1.Cc1ncnc2c1ccn2C1CC(Oc2ccc(F)cc2O)[C@@H](O)[C@H]1O.Nc1ccnc2c1c(Cl)cn2C1CC(Oc2cc(F)c(F)c3c2CNCC3)[C@@H](O)[C@H]1O. The summed E-state index contributed by atoms with van der Waals surface area (Å²) in [6.07, 6.45) is 4.58. The van der Waals surface area contributed by atoms with Gasteiger partial charge in [0.05, 0.1) is 68.7 Å². The van der Waals surface area contributed by atoms with Gasteiger partial charge in [0, 0.05) is 170 Å². The third-order valence-electron chi connectivity index (χ3n) is 28.6. The van der Waals surface area contributed by atoms with Crippen LogP contribution in [0, 0.1) is 62.6 Å². The standard InChI is InChI=1S/C22H25ClN4O3.C21H21ClF2N4O3.C21H22F2N4O3.C20H21FN2O4.C18H18FN3O4/c1-11-6-12-2-4-25-9-13(12)17(7-11)30-18-8-16(20(28)21(18)29)27-10-14(23)19-15(24)3-5-26-22(19)27;22-11-8-28(21-17(11)13(25)2-4-27-21)14-6-16(20(30)19(14)29)31-15-5-12(23)18(24)9-1-3-26-7-10(9)15;1-10-25-8-13-15(23)9-27(21(13)26-10)16-6-18(20(29)19(16)28)30-17-3-2-14(22)11-4-5-24-7-12(11)17;1-11-4-6-22-20-14(11)5-7-23(20)15-9-17(19(26)18(15)25)27-16-3-2-13(21)8-12(16)10-24;1-9-11-4-5-22(18(11)21-8-20-9)12-7-15(17(25)16(12)24)26-14-3-2-10(19)6-13(14)23/h3,5-7,10,16,18,20-21,25,28-29H,2,4,8-9H2,1H3,(H2,24,26);2,4-5,8,14,16,19-20,26,29-30H,1,3,6-7H2,(H2,25,27);2-3,8-9,16,18-20,24,28-29H,4-7H2,1H3;2-8,15,17-19,24-26H,9-10H2,1H3;2-6,8,12,15-17,23-25H,7H2,1H3/t16?,18?,20-,21+;14?,16?,19-,20+;16?,18?,19-,20+;15?,17?,18-,19+;12?,15?,16-,17+/m00000/s1. The Morgan fingerprint density at radius 3 is 1.41 bits per heavy atom. The molecule has 23 rings (SSSR count). The van der Waals surface area contributed by atoms with E-state index in [0.717, 1.165) is 87.8 Å². The second-order valence-electron chi connectivity index (χ2n) is 37.5. The Labute approximate surface area is 828 Å². The lowest BCUT2D eigenvalue weighted by Gasteiger charge is -2.25. The lowest BCUT2D eigenvalue weighted by Crippen LogP contribution is -2.35. The van der Waals surface area contributed by atoms with Crippen molar-refractivity contribution in [3.8, 4) is 34.5 Å². The number of pyridine rings is 3. The first-order valence-corrected chi connectivity index (χ1v) is 48.0. The highest BCUT2D eigenvalue weighted by atomic mass is 35.5. The van der Waals surface area contributed by atoms with Crippen molar-refractivity contribution in [1.29, 1.82) is 0 Å². The number of phenolic OH excluding ortho intramolecular Hbond substituents is 1. The summed E-state index contributed by atoms with van der Waals surface area (Å²) in [4.78, 5) is 29.9. The number of aryl methyl sites for hydroxylation is 4. The molecule has 0 saturated heterocycles. The van der Waals surface area contributed by atoms with Crippen LogP contribution in [0.15, 0.2) is 159 Å². The summed E-state index contributed by atoms with van der Waals surface area (Å²) in [5.74, 6) is -1.80. The molecular formula is C102H107Cl2F6N17O17. The Morgan fingerprint density at radius 1 is 0.403 bits per heavy atom. The number of nitrogens with one attached hydrogen (secondary N) is 3. The minimum absolute atomic E-state index is 0.0545. The molecular weight excluding hydrogens is 1920 g/mol. The molecule has 20 atom stereocenters. The summed E-state index contributed by atoms with van der Waals surface area (Å²) in [5.41, 5.74) is 23.8. The van der Waals surface area contributed by atoms with E-state index in [4.69, 9.17) is 58.4 Å². The number of halogens is 8. The zero-order valence-electron chi connectivity index (χ0n) is 78.1. The molecule has 144 heavy (non-hydrogen) atoms. The molecule has 5 aliphatic carbocycles. The number of nitrogens with zero attached hydrogens (tertiary/aromatic N) is 12. The van der Waals surface area contributed by atoms with Gasteiger partial charge in [-0.15, -0.1) is 0 Å². The third-order valence-corrected chi connectivity index (χ3v) is 29.2. The van der Waals surface area contributed by atoms with Crippen LogP contribution < -0.4 is 51.1 Å². The third kappa shape index (κ3) is 19.3. The van der Waals surface area contributed by atoms with Crippen molar-refractivity contribution in [2.45, 2.75) is 227 Å². The number of benzene rings is 5. The predicted molar refractivity (Wildman–Crippen MR) is 518 cm³/mol. The van der Waals surface area contributed by atoms with Crippen LogP contribution in [0.4, 0.5) is 37.7 Å². The van der Waals surface area contributed by atoms with Crippen LogP contribution in [-0.4, -0.2) is 230 Å². The van der Waals surface area contributed by atoms with Crippen LogP contribution in [0.5, 0.6) is 34.5 Å². The minimum Gasteiger partial charge on any atom is -0.504 e. The molecule has 0 radical (unpaired) electrons. The van der Waals surface area contributed by atoms with E-state index in [2.05, 4.69) is 56.9 Å². The summed E-state index contributed by atoms with van der Waals surface area (Å²) in [6, 6.07) is 21.9. The van der Waals surface area contributed by atoms with Crippen molar-refractivity contribution < 1.29 is 111 Å². The van der Waals surface area contributed by atoms with Gasteiger partial charge in [-0.2, -0.15) is 0 Å². The Balaban J connectivity index is 0.000000114. The number of aromatic nitrogens is 12. The van der Waals surface area contributed by atoms with E-state index in [-0.39, 0.29) is 53.5 Å². The molecule has 0 spiro atoms. The maximum absolute atomic E-state index is 14.4. The normalized spacial score (nSPS) is 25.8. The topological polar surface area (TPSA) is 492 Å². The summed E-state index contributed by atoms with van der Waals surface area (Å²) < 4.78 is 122. The number of anilines is 2. The van der Waals surface area contributed by atoms with E-state index in [0.29, 0.717) is 147 Å². The van der Waals surface area contributed by atoms with Gasteiger partial charge in [0.25, 0.3) is 0 Å². The van der Waals surface area contributed by atoms with Crippen LogP contribution >= 0.6 is 23.2 Å². The second-order valence-corrected chi connectivity index (χ2v) is 38.4. The number of hydrogen-bond acceptors (Lipinski definition) is 29. The highest BCUT2D eigenvalue weighted by molar-refractivity contribution is 6.37. The van der Waals surface area contributed by atoms with E-state index >= 15 is 0 Å². The fourth-order valence-electron chi connectivity index (χ4n) is 21.1. The molecule has 5 fully saturated rings. The molecule has 758 valence electrons.